The number of H-pyrrole nitrogens is 1. The Hall–Kier alpha value is -3.68. The third-order valence-electron chi connectivity index (χ3n) is 4.08. The molecule has 0 bridgehead atoms. The van der Waals surface area contributed by atoms with E-state index in [9.17, 15) is 19.2 Å². The molecule has 3 unspecified atom stereocenters. The Kier molecular flexibility index (Phi) is 10.5. The molecule has 0 radical (unpaired) electrons. The van der Waals surface area contributed by atoms with Gasteiger partial charge in [0.1, 0.15) is 12.1 Å². The zero-order valence-corrected chi connectivity index (χ0v) is 17.1. The van der Waals surface area contributed by atoms with E-state index in [0.717, 1.165) is 0 Å². The van der Waals surface area contributed by atoms with E-state index in [0.29, 0.717) is 12.1 Å². The average Bonchev–Trinajstić information content (AvgIpc) is 3.20. The monoisotopic (exact) mass is 439 g/mol. The summed E-state index contributed by atoms with van der Waals surface area (Å²) in [6.45, 7) is 1.06. The molecule has 0 aliphatic carbocycles. The van der Waals surface area contributed by atoms with Crippen LogP contribution in [0.15, 0.2) is 17.5 Å². The topological polar surface area (TPSA) is 244 Å². The van der Waals surface area contributed by atoms with Crippen LogP contribution >= 0.6 is 0 Å². The first-order chi connectivity index (χ1) is 14.6. The number of nitrogens with two attached hydrogens (primary N) is 3. The number of guanidine groups is 1. The number of carbonyl (C=O) groups excluding carboxylic acids is 3. The molecule has 0 fully saturated rings. The number of aliphatic imine (C=N–C) groups is 1. The summed E-state index contributed by atoms with van der Waals surface area (Å²) in [7, 11) is 0. The highest BCUT2D eigenvalue weighted by Crippen LogP contribution is 2.02. The second-order valence-electron chi connectivity index (χ2n) is 6.74. The zero-order valence-electron chi connectivity index (χ0n) is 17.1. The van der Waals surface area contributed by atoms with Crippen LogP contribution in [0.25, 0.3) is 0 Å². The van der Waals surface area contributed by atoms with Crippen molar-refractivity contribution in [3.63, 3.8) is 0 Å². The van der Waals surface area contributed by atoms with E-state index in [4.69, 9.17) is 22.3 Å². The fraction of sp³-hybridized carbons (Fsp3) is 0.529. The van der Waals surface area contributed by atoms with Crippen LogP contribution < -0.4 is 33.2 Å². The van der Waals surface area contributed by atoms with Crippen LogP contribution in [0.2, 0.25) is 0 Å². The molecule has 1 heterocycles. The van der Waals surface area contributed by atoms with Gasteiger partial charge < -0.3 is 43.2 Å². The maximum absolute atomic E-state index is 12.5. The van der Waals surface area contributed by atoms with Gasteiger partial charge in [-0.05, 0) is 19.8 Å². The number of amides is 3. The summed E-state index contributed by atoms with van der Waals surface area (Å²) in [5.41, 5.74) is 17.1. The van der Waals surface area contributed by atoms with Gasteiger partial charge in [0.15, 0.2) is 5.96 Å². The molecule has 14 heteroatoms. The second-order valence-corrected chi connectivity index (χ2v) is 6.74. The Morgan fingerprint density at radius 1 is 1.23 bits per heavy atom. The number of aromatic amines is 1. The third-order valence-corrected chi connectivity index (χ3v) is 4.08. The van der Waals surface area contributed by atoms with Gasteiger partial charge in [0.2, 0.25) is 17.7 Å². The number of aromatic nitrogens is 2. The summed E-state index contributed by atoms with van der Waals surface area (Å²) >= 11 is 0. The Morgan fingerprint density at radius 2 is 1.94 bits per heavy atom. The summed E-state index contributed by atoms with van der Waals surface area (Å²) in [6.07, 6.45) is 3.72. The van der Waals surface area contributed by atoms with Gasteiger partial charge in [0, 0.05) is 24.9 Å². The minimum Gasteiger partial charge on any atom is -0.480 e. The molecule has 31 heavy (non-hydrogen) atoms. The van der Waals surface area contributed by atoms with Crippen LogP contribution in [-0.4, -0.2) is 75.9 Å². The van der Waals surface area contributed by atoms with Gasteiger partial charge in [-0.2, -0.15) is 0 Å². The van der Waals surface area contributed by atoms with Crippen molar-refractivity contribution in [1.29, 1.82) is 0 Å². The number of carboxylic acids is 1. The summed E-state index contributed by atoms with van der Waals surface area (Å²) in [5, 5.41) is 15.9. The first-order valence-corrected chi connectivity index (χ1v) is 9.48. The van der Waals surface area contributed by atoms with Gasteiger partial charge >= 0.3 is 5.97 Å². The van der Waals surface area contributed by atoms with Crippen molar-refractivity contribution in [2.75, 3.05) is 13.1 Å². The minimum atomic E-state index is -1.21. The van der Waals surface area contributed by atoms with Crippen molar-refractivity contribution in [1.82, 2.24) is 25.9 Å². The highest BCUT2D eigenvalue weighted by molar-refractivity contribution is 5.92. The normalized spacial score (nSPS) is 13.4. The predicted molar refractivity (Wildman–Crippen MR) is 110 cm³/mol. The van der Waals surface area contributed by atoms with Gasteiger partial charge in [0.25, 0.3) is 0 Å². The molecular weight excluding hydrogens is 410 g/mol. The van der Waals surface area contributed by atoms with Crippen molar-refractivity contribution in [2.45, 2.75) is 44.3 Å². The molecule has 1 aromatic heterocycles. The molecular formula is C17H29N9O5. The van der Waals surface area contributed by atoms with Gasteiger partial charge in [-0.1, -0.05) is 0 Å². The van der Waals surface area contributed by atoms with Crippen molar-refractivity contribution in [2.24, 2.45) is 22.2 Å². The smallest absolute Gasteiger partial charge is 0.325 e. The Balaban J connectivity index is 2.67. The van der Waals surface area contributed by atoms with Gasteiger partial charge in [0.05, 0.1) is 18.9 Å². The number of carboxylic acid groups (broad SMARTS) is 1. The molecule has 11 N–H and O–H groups in total. The van der Waals surface area contributed by atoms with Crippen molar-refractivity contribution in [3.8, 4) is 0 Å². The molecule has 3 atom stereocenters. The third kappa shape index (κ3) is 10.1. The standard InChI is InChI=1S/C17H29N9O5/c1-9(16(30)31)25-13(27)7-23-15(29)12(3-2-4-22-17(19)20)26-14(28)11(18)5-10-6-21-8-24-10/h6,8-9,11-12H,2-5,7,18H2,1H3,(H,21,24)(H,23,29)(H,25,27)(H,26,28)(H,30,31)(H4,19,20,22). The summed E-state index contributed by atoms with van der Waals surface area (Å²) in [6, 6.07) is -3.05. The lowest BCUT2D eigenvalue weighted by atomic mass is 10.1. The Labute approximate surface area is 178 Å². The number of hydrogen-bond acceptors (Lipinski definition) is 7. The SMILES string of the molecule is CC(NC(=O)CNC(=O)C(CCCN=C(N)N)NC(=O)C(N)Cc1cnc[nH]1)C(=O)O. The lowest BCUT2D eigenvalue weighted by Gasteiger charge is -2.20. The maximum atomic E-state index is 12.5. The summed E-state index contributed by atoms with van der Waals surface area (Å²) in [4.78, 5) is 58.0. The van der Waals surface area contributed by atoms with Crippen LogP contribution in [0.4, 0.5) is 0 Å². The maximum Gasteiger partial charge on any atom is 0.325 e. The second kappa shape index (κ2) is 12.8. The minimum absolute atomic E-state index is 0.101. The van der Waals surface area contributed by atoms with Crippen LogP contribution in [0.1, 0.15) is 25.5 Å². The lowest BCUT2D eigenvalue weighted by Crippen LogP contribution is -2.53. The van der Waals surface area contributed by atoms with E-state index in [1.54, 1.807) is 0 Å². The van der Waals surface area contributed by atoms with Crippen molar-refractivity contribution < 1.29 is 24.3 Å². The quantitative estimate of drug-likeness (QED) is 0.0862. The first kappa shape index (κ1) is 25.4. The van der Waals surface area contributed by atoms with E-state index in [-0.39, 0.29) is 25.3 Å². The molecule has 3 amide bonds. The van der Waals surface area contributed by atoms with Crippen LogP contribution in [0.3, 0.4) is 0 Å². The first-order valence-electron chi connectivity index (χ1n) is 9.48. The molecule has 172 valence electrons. The largest absolute Gasteiger partial charge is 0.480 e. The zero-order chi connectivity index (χ0) is 23.4. The van der Waals surface area contributed by atoms with Crippen LogP contribution in [-0.2, 0) is 25.6 Å². The van der Waals surface area contributed by atoms with Crippen molar-refractivity contribution in [3.05, 3.63) is 18.2 Å². The Morgan fingerprint density at radius 3 is 2.52 bits per heavy atom. The molecule has 1 aromatic rings. The molecule has 14 nitrogen and oxygen atoms in total. The molecule has 1 rings (SSSR count). The van der Waals surface area contributed by atoms with Crippen molar-refractivity contribution >= 4 is 29.7 Å². The van der Waals surface area contributed by atoms with Crippen LogP contribution in [0, 0.1) is 0 Å². The lowest BCUT2D eigenvalue weighted by molar-refractivity contribution is -0.141. The molecule has 0 aromatic carbocycles. The van der Waals surface area contributed by atoms with E-state index < -0.39 is 48.4 Å². The summed E-state index contributed by atoms with van der Waals surface area (Å²) in [5.74, 6) is -3.21. The van der Waals surface area contributed by atoms with Gasteiger partial charge in [-0.15, -0.1) is 0 Å². The average molecular weight is 439 g/mol. The summed E-state index contributed by atoms with van der Waals surface area (Å²) < 4.78 is 0. The molecule has 0 spiro atoms. The van der Waals surface area contributed by atoms with Gasteiger partial charge in [-0.3, -0.25) is 24.2 Å². The molecule has 0 aliphatic heterocycles. The molecule has 0 saturated heterocycles. The molecule has 0 aliphatic rings. The van der Waals surface area contributed by atoms with Crippen LogP contribution in [0.5, 0.6) is 0 Å². The number of nitrogens with one attached hydrogen (secondary N) is 4. The van der Waals surface area contributed by atoms with E-state index in [2.05, 4.69) is 30.9 Å². The fourth-order valence-electron chi connectivity index (χ4n) is 2.42. The Bertz CT molecular complexity index is 777. The number of imidazole rings is 1. The number of nitrogens with zero attached hydrogens (tertiary/aromatic N) is 2. The highest BCUT2D eigenvalue weighted by atomic mass is 16.4. The van der Waals surface area contributed by atoms with E-state index in [1.807, 2.05) is 0 Å². The highest BCUT2D eigenvalue weighted by Gasteiger charge is 2.24. The number of aliphatic carboxylic acids is 1. The number of rotatable bonds is 13. The fourth-order valence-corrected chi connectivity index (χ4v) is 2.42. The van der Waals surface area contributed by atoms with Gasteiger partial charge in [-0.25, -0.2) is 4.98 Å². The number of carbonyl (C=O) groups is 4. The number of hydrogen-bond donors (Lipinski definition) is 8. The van der Waals surface area contributed by atoms with E-state index in [1.165, 1.54) is 19.4 Å². The van der Waals surface area contributed by atoms with E-state index >= 15 is 0 Å². The molecule has 0 saturated carbocycles. The predicted octanol–water partition coefficient (Wildman–Crippen LogP) is -3.48.